The van der Waals surface area contributed by atoms with Crippen LogP contribution in [0.25, 0.3) is 22.0 Å². The second-order valence-electron chi connectivity index (χ2n) is 8.10. The molecule has 0 fully saturated rings. The Morgan fingerprint density at radius 3 is 2.66 bits per heavy atom. The van der Waals surface area contributed by atoms with Gasteiger partial charge in [0.25, 0.3) is 0 Å². The van der Waals surface area contributed by atoms with Crippen molar-refractivity contribution in [2.24, 2.45) is 0 Å². The highest BCUT2D eigenvalue weighted by molar-refractivity contribution is 5.93. The van der Waals surface area contributed by atoms with Gasteiger partial charge >= 0.3 is 0 Å². The molecule has 0 bridgehead atoms. The number of aryl methyl sites for hydroxylation is 3. The molecule has 0 radical (unpaired) electrons. The highest BCUT2D eigenvalue weighted by Gasteiger charge is 2.22. The first-order chi connectivity index (χ1) is 15.6. The first-order valence-electron chi connectivity index (χ1n) is 11.0. The van der Waals surface area contributed by atoms with E-state index >= 15 is 0 Å². The largest absolute Gasteiger partial charge is 0.497 e. The average molecular weight is 424 g/mol. The van der Waals surface area contributed by atoms with Gasteiger partial charge in [0, 0.05) is 5.56 Å². The van der Waals surface area contributed by atoms with Gasteiger partial charge in [0.1, 0.15) is 5.75 Å². The Morgan fingerprint density at radius 1 is 1.00 bits per heavy atom. The van der Waals surface area contributed by atoms with Gasteiger partial charge in [-0.05, 0) is 59.4 Å². The molecule has 1 aliphatic carbocycles. The summed E-state index contributed by atoms with van der Waals surface area (Å²) in [5.41, 5.74) is 5.95. The molecule has 1 aliphatic rings. The summed E-state index contributed by atoms with van der Waals surface area (Å²) in [6.45, 7) is 2.03. The number of carbonyl (C=O) groups is 1. The quantitative estimate of drug-likeness (QED) is 0.482. The van der Waals surface area contributed by atoms with Crippen molar-refractivity contribution in [2.75, 3.05) is 12.4 Å². The molecule has 32 heavy (non-hydrogen) atoms. The maximum atomic E-state index is 12.8. The number of methoxy groups -OCH3 is 1. The van der Waals surface area contributed by atoms with Gasteiger partial charge in [-0.1, -0.05) is 49.4 Å². The van der Waals surface area contributed by atoms with Crippen LogP contribution in [0.4, 0.5) is 5.82 Å². The predicted octanol–water partition coefficient (Wildman–Crippen LogP) is 5.15. The van der Waals surface area contributed by atoms with Crippen molar-refractivity contribution in [3.8, 4) is 17.0 Å². The smallest absolute Gasteiger partial charge is 0.229 e. The van der Waals surface area contributed by atoms with E-state index in [-0.39, 0.29) is 5.91 Å². The molecule has 160 valence electrons. The molecule has 0 spiro atoms. The fourth-order valence-corrected chi connectivity index (χ4v) is 4.34. The van der Waals surface area contributed by atoms with Crippen LogP contribution in [-0.4, -0.2) is 23.0 Å². The van der Waals surface area contributed by atoms with Crippen molar-refractivity contribution in [1.29, 1.82) is 0 Å². The monoisotopic (exact) mass is 423 g/mol. The SMILES string of the molecule is CCc1nc2c(nc1NC(=O)Cc1ccc3ccccc3c1)CCc1cc(OC)ccc1-2. The molecule has 0 unspecified atom stereocenters. The number of rotatable bonds is 5. The molecule has 3 aromatic carbocycles. The van der Waals surface area contributed by atoms with Gasteiger partial charge in [-0.15, -0.1) is 0 Å². The average Bonchev–Trinajstić information content (AvgIpc) is 2.83. The fraction of sp³-hybridized carbons (Fsp3) is 0.222. The van der Waals surface area contributed by atoms with Gasteiger partial charge in [0.15, 0.2) is 5.82 Å². The standard InChI is InChI=1S/C27H25N3O2/c1-3-23-27(30-25(31)15-17-8-9-18-6-4-5-7-19(18)14-17)29-24-13-10-20-16-21(32-2)11-12-22(20)26(24)28-23/h4-9,11-12,14,16H,3,10,13,15H2,1-2H3,(H,29,30,31). The maximum absolute atomic E-state index is 12.8. The minimum atomic E-state index is -0.0785. The molecule has 1 heterocycles. The third-order valence-corrected chi connectivity index (χ3v) is 6.01. The molecule has 0 saturated heterocycles. The highest BCUT2D eigenvalue weighted by Crippen LogP contribution is 2.34. The molecule has 1 aromatic heterocycles. The lowest BCUT2D eigenvalue weighted by molar-refractivity contribution is -0.115. The number of amides is 1. The van der Waals surface area contributed by atoms with Gasteiger partial charge in [-0.25, -0.2) is 9.97 Å². The number of anilines is 1. The Hall–Kier alpha value is -3.73. The zero-order valence-electron chi connectivity index (χ0n) is 18.3. The van der Waals surface area contributed by atoms with E-state index in [1.54, 1.807) is 7.11 Å². The predicted molar refractivity (Wildman–Crippen MR) is 127 cm³/mol. The van der Waals surface area contributed by atoms with E-state index in [2.05, 4.69) is 41.7 Å². The van der Waals surface area contributed by atoms with Gasteiger partial charge in [0.05, 0.1) is 30.6 Å². The van der Waals surface area contributed by atoms with Gasteiger partial charge < -0.3 is 10.1 Å². The van der Waals surface area contributed by atoms with E-state index in [0.717, 1.165) is 52.2 Å². The molecular formula is C27H25N3O2. The highest BCUT2D eigenvalue weighted by atomic mass is 16.5. The summed E-state index contributed by atoms with van der Waals surface area (Å²) >= 11 is 0. The van der Waals surface area contributed by atoms with E-state index in [9.17, 15) is 4.79 Å². The lowest BCUT2D eigenvalue weighted by Gasteiger charge is -2.21. The summed E-state index contributed by atoms with van der Waals surface area (Å²) < 4.78 is 5.36. The molecule has 0 aliphatic heterocycles. The lowest BCUT2D eigenvalue weighted by Crippen LogP contribution is -2.19. The Labute approximate surface area is 187 Å². The number of hydrogen-bond acceptors (Lipinski definition) is 4. The number of ether oxygens (including phenoxy) is 1. The fourth-order valence-electron chi connectivity index (χ4n) is 4.34. The molecule has 5 rings (SSSR count). The van der Waals surface area contributed by atoms with Crippen LogP contribution in [0, 0.1) is 0 Å². The number of aromatic nitrogens is 2. The van der Waals surface area contributed by atoms with Crippen LogP contribution in [0.3, 0.4) is 0 Å². The van der Waals surface area contributed by atoms with E-state index in [1.807, 2.05) is 31.2 Å². The number of benzene rings is 3. The van der Waals surface area contributed by atoms with E-state index in [4.69, 9.17) is 14.7 Å². The molecule has 5 heteroatoms. The Kier molecular flexibility index (Phi) is 5.31. The number of fused-ring (bicyclic) bond motifs is 4. The Balaban J connectivity index is 1.40. The van der Waals surface area contributed by atoms with Gasteiger partial charge in [0.2, 0.25) is 5.91 Å². The third kappa shape index (κ3) is 3.82. The molecule has 0 saturated carbocycles. The van der Waals surface area contributed by atoms with Gasteiger partial charge in [-0.2, -0.15) is 0 Å². The number of carbonyl (C=O) groups excluding carboxylic acids is 1. The van der Waals surface area contributed by atoms with E-state index in [0.29, 0.717) is 18.7 Å². The molecule has 1 amide bonds. The molecular weight excluding hydrogens is 398 g/mol. The second kappa shape index (κ2) is 8.42. The van der Waals surface area contributed by atoms with Crippen LogP contribution in [0.5, 0.6) is 5.75 Å². The van der Waals surface area contributed by atoms with Crippen molar-refractivity contribution in [1.82, 2.24) is 9.97 Å². The van der Waals surface area contributed by atoms with E-state index < -0.39 is 0 Å². The summed E-state index contributed by atoms with van der Waals surface area (Å²) in [7, 11) is 1.68. The van der Waals surface area contributed by atoms with Gasteiger partial charge in [-0.3, -0.25) is 4.79 Å². The molecule has 1 N–H and O–H groups in total. The minimum Gasteiger partial charge on any atom is -0.497 e. The van der Waals surface area contributed by atoms with Crippen molar-refractivity contribution in [3.63, 3.8) is 0 Å². The van der Waals surface area contributed by atoms with Crippen LogP contribution in [-0.2, 0) is 30.5 Å². The lowest BCUT2D eigenvalue weighted by atomic mass is 9.91. The first kappa shape index (κ1) is 20.2. The summed E-state index contributed by atoms with van der Waals surface area (Å²) in [4.78, 5) is 22.6. The number of hydrogen-bond donors (Lipinski definition) is 1. The zero-order valence-corrected chi connectivity index (χ0v) is 18.3. The second-order valence-corrected chi connectivity index (χ2v) is 8.10. The van der Waals surface area contributed by atoms with Crippen molar-refractivity contribution in [2.45, 2.75) is 32.6 Å². The maximum Gasteiger partial charge on any atom is 0.229 e. The zero-order chi connectivity index (χ0) is 22.1. The van der Waals surface area contributed by atoms with Crippen molar-refractivity contribution >= 4 is 22.5 Å². The number of nitrogens with one attached hydrogen (secondary N) is 1. The van der Waals surface area contributed by atoms with Crippen LogP contribution in [0.15, 0.2) is 60.7 Å². The summed E-state index contributed by atoms with van der Waals surface area (Å²) in [5, 5.41) is 5.32. The third-order valence-electron chi connectivity index (χ3n) is 6.01. The van der Waals surface area contributed by atoms with Crippen LogP contribution >= 0.6 is 0 Å². The topological polar surface area (TPSA) is 64.1 Å². The molecule has 5 nitrogen and oxygen atoms in total. The molecule has 4 aromatic rings. The van der Waals surface area contributed by atoms with Crippen molar-refractivity contribution < 1.29 is 9.53 Å². The molecule has 0 atom stereocenters. The van der Waals surface area contributed by atoms with Crippen LogP contribution in [0.1, 0.15) is 29.4 Å². The Bertz CT molecular complexity index is 1330. The normalized spacial score (nSPS) is 12.2. The van der Waals surface area contributed by atoms with Crippen LogP contribution < -0.4 is 10.1 Å². The van der Waals surface area contributed by atoms with E-state index in [1.165, 1.54) is 10.9 Å². The summed E-state index contributed by atoms with van der Waals surface area (Å²) in [6.07, 6.45) is 2.66. The number of nitrogens with zero attached hydrogens (tertiary/aromatic N) is 2. The van der Waals surface area contributed by atoms with Crippen molar-refractivity contribution in [3.05, 3.63) is 83.2 Å². The minimum absolute atomic E-state index is 0.0785. The first-order valence-corrected chi connectivity index (χ1v) is 11.0. The summed E-state index contributed by atoms with van der Waals surface area (Å²) in [6, 6.07) is 20.4. The van der Waals surface area contributed by atoms with Crippen LogP contribution in [0.2, 0.25) is 0 Å². The Morgan fingerprint density at radius 2 is 1.84 bits per heavy atom. The summed E-state index contributed by atoms with van der Waals surface area (Å²) in [5.74, 6) is 1.35.